The summed E-state index contributed by atoms with van der Waals surface area (Å²) in [6.45, 7) is 7.63. The molecule has 35 heavy (non-hydrogen) atoms. The van der Waals surface area contributed by atoms with E-state index in [1.165, 1.54) is 30.4 Å². The van der Waals surface area contributed by atoms with Crippen molar-refractivity contribution in [2.24, 2.45) is 17.3 Å². The van der Waals surface area contributed by atoms with E-state index in [1.807, 2.05) is 6.92 Å². The fraction of sp³-hybridized carbons (Fsp3) is 0.760. The van der Waals surface area contributed by atoms with Crippen LogP contribution in [0.3, 0.4) is 0 Å². The molecule has 3 N–H and O–H groups in total. The van der Waals surface area contributed by atoms with E-state index < -0.39 is 23.2 Å². The van der Waals surface area contributed by atoms with Crippen LogP contribution in [0.15, 0.2) is 23.8 Å². The number of rotatable bonds is 6. The van der Waals surface area contributed by atoms with E-state index in [4.69, 9.17) is 0 Å². The van der Waals surface area contributed by atoms with Crippen LogP contribution in [0.2, 0.25) is 0 Å². The SMILES string of the molecule is C=C(C)C(F)(F)C1CC2(CCCCC2)CNC(SCC2=CC(=O)NC3SC(C(=O)O)C(C)C23)N1C. The number of thioether (sulfide) groups is 2. The minimum atomic E-state index is -3.01. The summed E-state index contributed by atoms with van der Waals surface area (Å²) in [5, 5.41) is 15.2. The third-order valence-electron chi connectivity index (χ3n) is 8.39. The van der Waals surface area contributed by atoms with Crippen LogP contribution < -0.4 is 10.6 Å². The molecular formula is C25H37F2N3O3S2. The van der Waals surface area contributed by atoms with Crippen LogP contribution in [0, 0.1) is 17.3 Å². The van der Waals surface area contributed by atoms with Gasteiger partial charge in [-0.15, -0.1) is 23.5 Å². The predicted molar refractivity (Wildman–Crippen MR) is 137 cm³/mol. The average Bonchev–Trinajstić information content (AvgIpc) is 3.06. The van der Waals surface area contributed by atoms with Gasteiger partial charge in [-0.25, -0.2) is 0 Å². The lowest BCUT2D eigenvalue weighted by molar-refractivity contribution is -0.137. The van der Waals surface area contributed by atoms with Crippen molar-refractivity contribution in [1.29, 1.82) is 0 Å². The van der Waals surface area contributed by atoms with Crippen molar-refractivity contribution in [3.05, 3.63) is 23.8 Å². The Hall–Kier alpha value is -1.10. The van der Waals surface area contributed by atoms with Gasteiger partial charge in [0.05, 0.1) is 11.4 Å². The number of aliphatic carboxylic acids is 1. The minimum absolute atomic E-state index is 0.0836. The zero-order valence-corrected chi connectivity index (χ0v) is 22.3. The fourth-order valence-corrected chi connectivity index (χ4v) is 9.13. The molecule has 0 aromatic heterocycles. The van der Waals surface area contributed by atoms with Crippen LogP contribution >= 0.6 is 23.5 Å². The van der Waals surface area contributed by atoms with E-state index in [2.05, 4.69) is 17.2 Å². The standard InChI is InChI=1S/C25H37F2N3O3S2/c1-14(2)25(26,27)17-11-24(8-6-5-7-9-24)13-28-23(30(17)4)34-12-16-10-18(31)29-21-19(16)15(3)20(35-21)22(32)33/h10,15,17,19-21,23,28H,1,5-9,11-13H2,2-4H3,(H,29,31)(H,32,33). The topological polar surface area (TPSA) is 81.7 Å². The van der Waals surface area contributed by atoms with Gasteiger partial charge in [0, 0.05) is 24.3 Å². The maximum atomic E-state index is 15.5. The first kappa shape index (κ1) is 26.9. The summed E-state index contributed by atoms with van der Waals surface area (Å²) < 4.78 is 30.9. The van der Waals surface area contributed by atoms with Gasteiger partial charge < -0.3 is 10.4 Å². The zero-order chi connectivity index (χ0) is 25.5. The fourth-order valence-electron chi connectivity index (χ4n) is 6.29. The normalized spacial score (nSPS) is 35.7. The molecule has 3 aliphatic heterocycles. The lowest BCUT2D eigenvalue weighted by Crippen LogP contribution is -2.52. The number of carbonyl (C=O) groups is 2. The summed E-state index contributed by atoms with van der Waals surface area (Å²) >= 11 is 2.80. The van der Waals surface area contributed by atoms with Gasteiger partial charge in [-0.1, -0.05) is 32.8 Å². The van der Waals surface area contributed by atoms with Crippen molar-refractivity contribution < 1.29 is 23.5 Å². The van der Waals surface area contributed by atoms with Gasteiger partial charge in [0.2, 0.25) is 5.91 Å². The van der Waals surface area contributed by atoms with Gasteiger partial charge in [-0.05, 0) is 55.7 Å². The second-order valence-corrected chi connectivity index (χ2v) is 13.2. The second kappa shape index (κ2) is 10.3. The van der Waals surface area contributed by atoms with Gasteiger partial charge in [0.15, 0.2) is 0 Å². The number of hydrogen-bond donors (Lipinski definition) is 3. The van der Waals surface area contributed by atoms with Crippen LogP contribution in [0.4, 0.5) is 8.78 Å². The summed E-state index contributed by atoms with van der Waals surface area (Å²) in [7, 11) is 1.76. The minimum Gasteiger partial charge on any atom is -0.480 e. The molecule has 6 nitrogen and oxygen atoms in total. The molecule has 0 bridgehead atoms. The lowest BCUT2D eigenvalue weighted by atomic mass is 9.69. The molecule has 1 aliphatic carbocycles. The van der Waals surface area contributed by atoms with E-state index >= 15 is 8.78 Å². The lowest BCUT2D eigenvalue weighted by Gasteiger charge is -2.41. The van der Waals surface area contributed by atoms with Gasteiger partial charge in [-0.3, -0.25) is 19.8 Å². The number of fused-ring (bicyclic) bond motifs is 1. The molecule has 1 saturated carbocycles. The molecule has 10 heteroatoms. The van der Waals surface area contributed by atoms with Crippen molar-refractivity contribution in [2.75, 3.05) is 19.3 Å². The Bertz CT molecular complexity index is 891. The third kappa shape index (κ3) is 5.31. The molecule has 6 atom stereocenters. The third-order valence-corrected chi connectivity index (χ3v) is 11.3. The number of nitrogens with one attached hydrogen (secondary N) is 2. The van der Waals surface area contributed by atoms with Crippen LogP contribution in [0.5, 0.6) is 0 Å². The molecular weight excluding hydrogens is 492 g/mol. The number of alkyl halides is 2. The Morgan fingerprint density at radius 3 is 2.69 bits per heavy atom. The Kier molecular flexibility index (Phi) is 7.96. The monoisotopic (exact) mass is 529 g/mol. The first-order chi connectivity index (χ1) is 16.4. The zero-order valence-electron chi connectivity index (χ0n) is 20.7. The van der Waals surface area contributed by atoms with E-state index in [0.717, 1.165) is 37.7 Å². The first-order valence-electron chi connectivity index (χ1n) is 12.5. The highest BCUT2D eigenvalue weighted by atomic mass is 32.2. The number of halogens is 2. The molecule has 0 aromatic rings. The van der Waals surface area contributed by atoms with Gasteiger partial charge >= 0.3 is 5.97 Å². The molecule has 1 spiro atoms. The van der Waals surface area contributed by atoms with Gasteiger partial charge in [-0.2, -0.15) is 8.78 Å². The van der Waals surface area contributed by atoms with Crippen LogP contribution in [0.25, 0.3) is 0 Å². The second-order valence-electron chi connectivity index (χ2n) is 10.8. The largest absolute Gasteiger partial charge is 0.480 e. The number of carboxylic acids is 1. The summed E-state index contributed by atoms with van der Waals surface area (Å²) in [5.74, 6) is -3.84. The molecule has 4 aliphatic rings. The molecule has 1 amide bonds. The van der Waals surface area contributed by atoms with Gasteiger partial charge in [0.25, 0.3) is 5.92 Å². The number of nitrogens with zero attached hydrogens (tertiary/aromatic N) is 1. The quantitative estimate of drug-likeness (QED) is 0.443. The Labute approximate surface area is 215 Å². The van der Waals surface area contributed by atoms with Crippen LogP contribution in [-0.2, 0) is 9.59 Å². The average molecular weight is 530 g/mol. The molecule has 4 rings (SSSR count). The maximum Gasteiger partial charge on any atom is 0.316 e. The number of amides is 1. The highest BCUT2D eigenvalue weighted by Crippen LogP contribution is 2.49. The van der Waals surface area contributed by atoms with Crippen LogP contribution in [0.1, 0.15) is 52.4 Å². The molecule has 196 valence electrons. The van der Waals surface area contributed by atoms with E-state index in [9.17, 15) is 14.7 Å². The van der Waals surface area contributed by atoms with Crippen molar-refractivity contribution in [1.82, 2.24) is 15.5 Å². The number of hydrogen-bond acceptors (Lipinski definition) is 6. The molecule has 3 fully saturated rings. The molecule has 3 heterocycles. The Balaban J connectivity index is 1.54. The summed E-state index contributed by atoms with van der Waals surface area (Å²) in [4.78, 5) is 25.8. The summed E-state index contributed by atoms with van der Waals surface area (Å²) in [6.07, 6.45) is 7.21. The van der Waals surface area contributed by atoms with Crippen molar-refractivity contribution in [3.8, 4) is 0 Å². The predicted octanol–water partition coefficient (Wildman–Crippen LogP) is 4.29. The highest BCUT2D eigenvalue weighted by molar-refractivity contribution is 8.01. The van der Waals surface area contributed by atoms with Crippen molar-refractivity contribution in [2.45, 2.75) is 80.5 Å². The molecule has 0 aromatic carbocycles. The van der Waals surface area contributed by atoms with E-state index in [1.54, 1.807) is 18.0 Å². The Morgan fingerprint density at radius 2 is 2.06 bits per heavy atom. The maximum absolute atomic E-state index is 15.5. The molecule has 0 radical (unpaired) electrons. The smallest absolute Gasteiger partial charge is 0.316 e. The Morgan fingerprint density at radius 1 is 1.37 bits per heavy atom. The number of carboxylic acid groups (broad SMARTS) is 1. The highest BCUT2D eigenvalue weighted by Gasteiger charge is 2.52. The van der Waals surface area contributed by atoms with Crippen molar-refractivity contribution in [3.63, 3.8) is 0 Å². The first-order valence-corrected chi connectivity index (χ1v) is 14.4. The van der Waals surface area contributed by atoms with E-state index in [0.29, 0.717) is 18.7 Å². The van der Waals surface area contributed by atoms with Crippen LogP contribution in [-0.4, -0.2) is 69.3 Å². The van der Waals surface area contributed by atoms with Crippen molar-refractivity contribution >= 4 is 35.4 Å². The molecule has 2 saturated heterocycles. The number of carbonyl (C=O) groups excluding carboxylic acids is 1. The molecule has 6 unspecified atom stereocenters. The van der Waals surface area contributed by atoms with E-state index in [-0.39, 0.29) is 39.6 Å². The summed E-state index contributed by atoms with van der Waals surface area (Å²) in [6, 6.07) is -0.959. The summed E-state index contributed by atoms with van der Waals surface area (Å²) in [5.41, 5.74) is 0.279. The van der Waals surface area contributed by atoms with Gasteiger partial charge in [0.1, 0.15) is 10.7 Å².